The minimum atomic E-state index is -0.796. The average Bonchev–Trinajstić information content (AvgIpc) is 2.90. The fourth-order valence-electron chi connectivity index (χ4n) is 3.90. The molecule has 2 aromatic heterocycles. The van der Waals surface area contributed by atoms with E-state index >= 15 is 0 Å². The number of ether oxygens (including phenoxy) is 1. The average molecular weight is 583 g/mol. The highest BCUT2D eigenvalue weighted by molar-refractivity contribution is 6.30. The monoisotopic (exact) mass is 582 g/mol. The molecule has 5 rings (SSSR count). The van der Waals surface area contributed by atoms with E-state index in [1.165, 1.54) is 60.5 Å². The van der Waals surface area contributed by atoms with Crippen LogP contribution in [0.5, 0.6) is 11.5 Å². The van der Waals surface area contributed by atoms with E-state index in [-0.39, 0.29) is 58.1 Å². The molecule has 0 atom stereocenters. The zero-order valence-electron chi connectivity index (χ0n) is 21.3. The molecule has 0 spiro atoms. The fourth-order valence-corrected chi connectivity index (χ4v) is 4.08. The number of pyridine rings is 1. The van der Waals surface area contributed by atoms with E-state index in [9.17, 15) is 28.3 Å². The van der Waals surface area contributed by atoms with Gasteiger partial charge in [-0.15, -0.1) is 0 Å². The van der Waals surface area contributed by atoms with Crippen LogP contribution in [0.25, 0.3) is 5.69 Å². The molecule has 0 bridgehead atoms. The molecule has 3 heterocycles. The first-order chi connectivity index (χ1) is 19.6. The lowest BCUT2D eigenvalue weighted by molar-refractivity contribution is 0.0308. The van der Waals surface area contributed by atoms with Gasteiger partial charge >= 0.3 is 6.03 Å². The van der Waals surface area contributed by atoms with E-state index in [0.717, 1.165) is 16.8 Å². The number of rotatable bonds is 6. The summed E-state index contributed by atoms with van der Waals surface area (Å²) < 4.78 is 34.9. The lowest BCUT2D eigenvalue weighted by Crippen LogP contribution is -2.54. The lowest BCUT2D eigenvalue weighted by Gasteiger charge is -2.35. The molecule has 1 fully saturated rings. The summed E-state index contributed by atoms with van der Waals surface area (Å²) in [5.41, 5.74) is -0.176. The second-order valence-corrected chi connectivity index (χ2v) is 9.50. The number of carbonyl (C=O) groups is 2. The number of nitrogens with one attached hydrogen (secondary N) is 2. The summed E-state index contributed by atoms with van der Waals surface area (Å²) in [6.07, 6.45) is 0.826. The van der Waals surface area contributed by atoms with E-state index in [0.29, 0.717) is 0 Å². The van der Waals surface area contributed by atoms with Crippen LogP contribution in [-0.4, -0.2) is 55.9 Å². The Hall–Kier alpha value is -4.88. The summed E-state index contributed by atoms with van der Waals surface area (Å²) in [6, 6.07) is 10.9. The Balaban J connectivity index is 1.29. The number of urea groups is 1. The molecule has 14 heteroatoms. The molecule has 4 aromatic rings. The third-order valence-electron chi connectivity index (χ3n) is 6.02. The number of hydrogen-bond acceptors (Lipinski definition) is 7. The summed E-state index contributed by atoms with van der Waals surface area (Å²) >= 11 is 5.81. The zero-order valence-corrected chi connectivity index (χ0v) is 22.0. The number of likely N-dealkylation sites (tertiary alicyclic amines) is 1. The number of β-amino-alcohol motifs (C(OH)–C–C–N with tert-alkyl or cyclic N) is 1. The molecule has 210 valence electrons. The standard InChI is InChI=1S/C27H21ClF2N6O5/c1-14-8-24(38)36(16-3-4-20(29)19(28)10-16)34-25(14)26(39)32-15-2-5-22(21(30)9-15)41-18-6-7-31-23(11-18)33-27(40)35-12-17(37)13-35/h2-11,17,37H,12-13H2,1H3,(H,32,39)(H,31,33,40). The van der Waals surface area contributed by atoms with Crippen molar-refractivity contribution in [1.82, 2.24) is 19.7 Å². The molecule has 0 unspecified atom stereocenters. The summed E-state index contributed by atoms with van der Waals surface area (Å²) in [6.45, 7) is 1.96. The number of amides is 3. The number of nitrogens with zero attached hydrogens (tertiary/aromatic N) is 4. The topological polar surface area (TPSA) is 139 Å². The second-order valence-electron chi connectivity index (χ2n) is 9.09. The van der Waals surface area contributed by atoms with Gasteiger partial charge in [-0.3, -0.25) is 14.9 Å². The van der Waals surface area contributed by atoms with Crippen molar-refractivity contribution in [2.24, 2.45) is 0 Å². The molecule has 2 aromatic carbocycles. The Bertz CT molecular complexity index is 1730. The minimum Gasteiger partial charge on any atom is -0.454 e. The highest BCUT2D eigenvalue weighted by Gasteiger charge is 2.29. The van der Waals surface area contributed by atoms with Crippen LogP contribution in [0.15, 0.2) is 65.6 Å². The minimum absolute atomic E-state index is 0.0862. The Morgan fingerprint density at radius 1 is 1.05 bits per heavy atom. The van der Waals surface area contributed by atoms with E-state index in [2.05, 4.69) is 20.7 Å². The van der Waals surface area contributed by atoms with Crippen LogP contribution in [0.2, 0.25) is 5.02 Å². The van der Waals surface area contributed by atoms with Crippen LogP contribution in [0.1, 0.15) is 16.1 Å². The molecule has 0 saturated carbocycles. The first-order valence-corrected chi connectivity index (χ1v) is 12.5. The maximum absolute atomic E-state index is 14.9. The van der Waals surface area contributed by atoms with Gasteiger partial charge in [0.2, 0.25) is 0 Å². The van der Waals surface area contributed by atoms with E-state index in [1.807, 2.05) is 0 Å². The molecule has 11 nitrogen and oxygen atoms in total. The smallest absolute Gasteiger partial charge is 0.323 e. The Kier molecular flexibility index (Phi) is 7.64. The Labute approximate surface area is 236 Å². The molecule has 3 amide bonds. The van der Waals surface area contributed by atoms with Crippen LogP contribution < -0.4 is 20.9 Å². The molecule has 1 saturated heterocycles. The number of anilines is 2. The number of aromatic nitrogens is 3. The summed E-state index contributed by atoms with van der Waals surface area (Å²) in [4.78, 5) is 43.0. The van der Waals surface area contributed by atoms with Crippen LogP contribution in [0.3, 0.4) is 0 Å². The van der Waals surface area contributed by atoms with Gasteiger partial charge in [0.25, 0.3) is 11.5 Å². The van der Waals surface area contributed by atoms with Crippen molar-refractivity contribution in [3.05, 3.63) is 99.1 Å². The highest BCUT2D eigenvalue weighted by atomic mass is 35.5. The van der Waals surface area contributed by atoms with E-state index in [4.69, 9.17) is 16.3 Å². The van der Waals surface area contributed by atoms with Crippen molar-refractivity contribution in [3.8, 4) is 17.2 Å². The molecule has 1 aliphatic heterocycles. The molecular formula is C27H21ClF2N6O5. The maximum Gasteiger partial charge on any atom is 0.323 e. The van der Waals surface area contributed by atoms with Gasteiger partial charge in [0.05, 0.1) is 29.9 Å². The van der Waals surface area contributed by atoms with Gasteiger partial charge in [-0.05, 0) is 48.9 Å². The van der Waals surface area contributed by atoms with Crippen molar-refractivity contribution >= 4 is 35.0 Å². The Morgan fingerprint density at radius 3 is 2.54 bits per heavy atom. The number of hydrogen-bond donors (Lipinski definition) is 3. The van der Waals surface area contributed by atoms with Gasteiger partial charge < -0.3 is 20.1 Å². The van der Waals surface area contributed by atoms with Gasteiger partial charge in [0, 0.05) is 30.1 Å². The van der Waals surface area contributed by atoms with Crippen LogP contribution in [-0.2, 0) is 0 Å². The van der Waals surface area contributed by atoms with Gasteiger partial charge in [-0.2, -0.15) is 9.78 Å². The number of halogens is 3. The predicted octanol–water partition coefficient (Wildman–Crippen LogP) is 4.12. The molecule has 0 aliphatic carbocycles. The van der Waals surface area contributed by atoms with Crippen molar-refractivity contribution in [2.45, 2.75) is 13.0 Å². The largest absolute Gasteiger partial charge is 0.454 e. The molecule has 3 N–H and O–H groups in total. The molecule has 1 aliphatic rings. The van der Waals surface area contributed by atoms with Crippen LogP contribution in [0, 0.1) is 18.6 Å². The molecule has 0 radical (unpaired) electrons. The first-order valence-electron chi connectivity index (χ1n) is 12.1. The number of benzene rings is 2. The van der Waals surface area contributed by atoms with Gasteiger partial charge in [-0.1, -0.05) is 11.6 Å². The van der Waals surface area contributed by atoms with Crippen molar-refractivity contribution in [3.63, 3.8) is 0 Å². The zero-order chi connectivity index (χ0) is 29.3. The second kappa shape index (κ2) is 11.3. The van der Waals surface area contributed by atoms with Crippen molar-refractivity contribution < 1.29 is 28.2 Å². The molecular weight excluding hydrogens is 562 g/mol. The van der Waals surface area contributed by atoms with Gasteiger partial charge in [0.1, 0.15) is 17.4 Å². The maximum atomic E-state index is 14.9. The number of aryl methyl sites for hydroxylation is 1. The first kappa shape index (κ1) is 27.7. The Morgan fingerprint density at radius 2 is 1.83 bits per heavy atom. The highest BCUT2D eigenvalue weighted by Crippen LogP contribution is 2.28. The van der Waals surface area contributed by atoms with Crippen molar-refractivity contribution in [2.75, 3.05) is 23.7 Å². The third-order valence-corrected chi connectivity index (χ3v) is 6.31. The number of aliphatic hydroxyl groups is 1. The summed E-state index contributed by atoms with van der Waals surface area (Å²) in [7, 11) is 0. The number of carbonyl (C=O) groups excluding carboxylic acids is 2. The SMILES string of the molecule is Cc1cc(=O)n(-c2ccc(F)c(Cl)c2)nc1C(=O)Nc1ccc(Oc2ccnc(NC(=O)N3CC(O)C3)c2)c(F)c1. The predicted molar refractivity (Wildman–Crippen MR) is 145 cm³/mol. The van der Waals surface area contributed by atoms with E-state index in [1.54, 1.807) is 0 Å². The summed E-state index contributed by atoms with van der Waals surface area (Å²) in [5, 5.41) is 18.3. The number of aliphatic hydroxyl groups excluding tert-OH is 1. The van der Waals surface area contributed by atoms with Gasteiger partial charge in [0.15, 0.2) is 17.3 Å². The quantitative estimate of drug-likeness (QED) is 0.311. The van der Waals surface area contributed by atoms with Crippen LogP contribution in [0.4, 0.5) is 25.1 Å². The van der Waals surface area contributed by atoms with E-state index < -0.39 is 35.2 Å². The third kappa shape index (κ3) is 6.15. The van der Waals surface area contributed by atoms with Crippen molar-refractivity contribution in [1.29, 1.82) is 0 Å². The van der Waals surface area contributed by atoms with Gasteiger partial charge in [-0.25, -0.2) is 18.6 Å². The fraction of sp³-hybridized carbons (Fsp3) is 0.148. The lowest BCUT2D eigenvalue weighted by atomic mass is 10.2. The van der Waals surface area contributed by atoms with Crippen LogP contribution >= 0.6 is 11.6 Å². The normalized spacial score (nSPS) is 13.0. The molecule has 41 heavy (non-hydrogen) atoms. The summed E-state index contributed by atoms with van der Waals surface area (Å²) in [5.74, 6) is -1.99.